The van der Waals surface area contributed by atoms with E-state index in [4.69, 9.17) is 4.98 Å². The van der Waals surface area contributed by atoms with E-state index >= 15 is 0 Å². The van der Waals surface area contributed by atoms with Crippen molar-refractivity contribution in [2.75, 3.05) is 0 Å². The fourth-order valence-electron chi connectivity index (χ4n) is 3.51. The average Bonchev–Trinajstić information content (AvgIpc) is 2.76. The van der Waals surface area contributed by atoms with E-state index in [0.717, 1.165) is 40.9 Å². The van der Waals surface area contributed by atoms with E-state index in [1.165, 1.54) is 5.56 Å². The van der Waals surface area contributed by atoms with E-state index in [9.17, 15) is 4.79 Å². The molecule has 4 heteroatoms. The molecule has 4 rings (SSSR count). The van der Waals surface area contributed by atoms with Gasteiger partial charge in [0.15, 0.2) is 0 Å². The Kier molecular flexibility index (Phi) is 5.04. The van der Waals surface area contributed by atoms with Crippen molar-refractivity contribution in [2.24, 2.45) is 0 Å². The highest BCUT2D eigenvalue weighted by atomic mass is 16.1. The van der Waals surface area contributed by atoms with Gasteiger partial charge < -0.3 is 10.3 Å². The second kappa shape index (κ2) is 7.79. The van der Waals surface area contributed by atoms with Gasteiger partial charge in [0, 0.05) is 29.4 Å². The normalized spacial score (nSPS) is 11.1. The predicted molar refractivity (Wildman–Crippen MR) is 114 cm³/mol. The summed E-state index contributed by atoms with van der Waals surface area (Å²) in [7, 11) is 0. The van der Waals surface area contributed by atoms with Crippen LogP contribution in [0.2, 0.25) is 0 Å². The summed E-state index contributed by atoms with van der Waals surface area (Å²) in [6.45, 7) is 3.54. The number of aryl methyl sites for hydroxylation is 1. The number of hydrogen-bond acceptors (Lipinski definition) is 2. The summed E-state index contributed by atoms with van der Waals surface area (Å²) in [5.41, 5.74) is 9.84. The van der Waals surface area contributed by atoms with Crippen molar-refractivity contribution in [3.05, 3.63) is 88.8 Å². The molecule has 2 aromatic heterocycles. The van der Waals surface area contributed by atoms with Gasteiger partial charge in [-0.05, 0) is 24.1 Å². The van der Waals surface area contributed by atoms with Crippen LogP contribution in [-0.4, -0.2) is 9.55 Å². The molecule has 0 aliphatic heterocycles. The molecule has 0 saturated carbocycles. The summed E-state index contributed by atoms with van der Waals surface area (Å²) in [5, 5.41) is 0.660. The lowest BCUT2D eigenvalue weighted by Crippen LogP contribution is -2.47. The standard InChI is InChI=1S/C24H23N3O/c1-2-13-27-14-12-22-21(24(27)28)15-20(18-6-4-3-5-7-18)23(26-22)19-10-8-17(16-25)9-11-19/h3-12,14-15H,2,13,16,25H2,1H3/p+1. The molecule has 0 bridgehead atoms. The van der Waals surface area contributed by atoms with Crippen molar-refractivity contribution in [3.63, 3.8) is 0 Å². The number of benzene rings is 2. The molecule has 0 spiro atoms. The average molecular weight is 370 g/mol. The van der Waals surface area contributed by atoms with Crippen molar-refractivity contribution >= 4 is 10.9 Å². The Morgan fingerprint density at radius 3 is 2.39 bits per heavy atom. The third-order valence-electron chi connectivity index (χ3n) is 5.02. The largest absolute Gasteiger partial charge is 0.354 e. The van der Waals surface area contributed by atoms with Gasteiger partial charge in [-0.3, -0.25) is 4.79 Å². The second-order valence-corrected chi connectivity index (χ2v) is 6.94. The fourth-order valence-corrected chi connectivity index (χ4v) is 3.51. The Hall–Kier alpha value is -3.24. The first kappa shape index (κ1) is 18.1. The molecule has 0 fully saturated rings. The summed E-state index contributed by atoms with van der Waals surface area (Å²) >= 11 is 0. The number of nitrogens with zero attached hydrogens (tertiary/aromatic N) is 2. The van der Waals surface area contributed by atoms with E-state index in [1.807, 2.05) is 36.5 Å². The Bertz CT molecular complexity index is 1160. The number of rotatable bonds is 5. The lowest BCUT2D eigenvalue weighted by Gasteiger charge is -2.13. The highest BCUT2D eigenvalue weighted by Crippen LogP contribution is 2.32. The van der Waals surface area contributed by atoms with Crippen LogP contribution in [0.1, 0.15) is 18.9 Å². The maximum Gasteiger partial charge on any atom is 0.260 e. The van der Waals surface area contributed by atoms with Crippen LogP contribution in [0.3, 0.4) is 0 Å². The molecule has 0 atom stereocenters. The van der Waals surface area contributed by atoms with Gasteiger partial charge in [0.2, 0.25) is 0 Å². The number of aromatic nitrogens is 2. The molecule has 2 aromatic carbocycles. The van der Waals surface area contributed by atoms with Crippen molar-refractivity contribution in [3.8, 4) is 22.4 Å². The van der Waals surface area contributed by atoms with Crippen molar-refractivity contribution in [1.82, 2.24) is 9.55 Å². The van der Waals surface area contributed by atoms with E-state index in [1.54, 1.807) is 4.57 Å². The molecule has 0 aliphatic rings. The van der Waals surface area contributed by atoms with Gasteiger partial charge in [-0.1, -0.05) is 61.5 Å². The Morgan fingerprint density at radius 2 is 1.71 bits per heavy atom. The second-order valence-electron chi connectivity index (χ2n) is 6.94. The van der Waals surface area contributed by atoms with E-state index in [-0.39, 0.29) is 5.56 Å². The SMILES string of the molecule is CCCn1ccc2nc(-c3ccc(C[NH3+])cc3)c(-c3ccccc3)cc2c1=O. The third-order valence-corrected chi connectivity index (χ3v) is 5.02. The monoisotopic (exact) mass is 370 g/mol. The van der Waals surface area contributed by atoms with Crippen LogP contribution in [0.25, 0.3) is 33.3 Å². The molecule has 0 radical (unpaired) electrons. The van der Waals surface area contributed by atoms with Crippen LogP contribution in [0.5, 0.6) is 0 Å². The zero-order chi connectivity index (χ0) is 19.5. The van der Waals surface area contributed by atoms with Gasteiger partial charge in [0.1, 0.15) is 0 Å². The van der Waals surface area contributed by atoms with Gasteiger partial charge >= 0.3 is 0 Å². The molecule has 4 nitrogen and oxygen atoms in total. The lowest BCUT2D eigenvalue weighted by molar-refractivity contribution is -0.386. The minimum atomic E-state index is 0.0167. The summed E-state index contributed by atoms with van der Waals surface area (Å²) < 4.78 is 1.77. The molecule has 0 saturated heterocycles. The first-order valence-electron chi connectivity index (χ1n) is 9.69. The lowest BCUT2D eigenvalue weighted by atomic mass is 9.97. The summed E-state index contributed by atoms with van der Waals surface area (Å²) in [6.07, 6.45) is 2.76. The van der Waals surface area contributed by atoms with E-state index < -0.39 is 0 Å². The van der Waals surface area contributed by atoms with E-state index in [0.29, 0.717) is 11.9 Å². The molecular formula is C24H24N3O+. The zero-order valence-corrected chi connectivity index (χ0v) is 16.1. The van der Waals surface area contributed by atoms with Gasteiger partial charge in [0.25, 0.3) is 5.56 Å². The topological polar surface area (TPSA) is 62.5 Å². The highest BCUT2D eigenvalue weighted by molar-refractivity contribution is 5.91. The van der Waals surface area contributed by atoms with Crippen LogP contribution in [0, 0.1) is 0 Å². The van der Waals surface area contributed by atoms with Crippen LogP contribution in [0.15, 0.2) is 77.7 Å². The van der Waals surface area contributed by atoms with Gasteiger partial charge in [-0.15, -0.1) is 0 Å². The van der Waals surface area contributed by atoms with Crippen molar-refractivity contribution < 1.29 is 5.73 Å². The molecule has 0 unspecified atom stereocenters. The van der Waals surface area contributed by atoms with Crippen molar-refractivity contribution in [2.45, 2.75) is 26.4 Å². The van der Waals surface area contributed by atoms with Crippen molar-refractivity contribution in [1.29, 1.82) is 0 Å². The minimum Gasteiger partial charge on any atom is -0.354 e. The summed E-state index contributed by atoms with van der Waals surface area (Å²) in [6, 6.07) is 22.4. The Balaban J connectivity index is 1.99. The Labute approximate surface area is 164 Å². The minimum absolute atomic E-state index is 0.0167. The molecule has 2 heterocycles. The highest BCUT2D eigenvalue weighted by Gasteiger charge is 2.14. The first-order chi connectivity index (χ1) is 13.7. The van der Waals surface area contributed by atoms with Crippen LogP contribution in [-0.2, 0) is 13.1 Å². The molecule has 0 aliphatic carbocycles. The summed E-state index contributed by atoms with van der Waals surface area (Å²) in [4.78, 5) is 17.9. The van der Waals surface area contributed by atoms with Gasteiger partial charge in [-0.25, -0.2) is 4.98 Å². The predicted octanol–water partition coefficient (Wildman–Crippen LogP) is 3.88. The first-order valence-corrected chi connectivity index (χ1v) is 9.69. The molecule has 3 N–H and O–H groups in total. The summed E-state index contributed by atoms with van der Waals surface area (Å²) in [5.74, 6) is 0. The fraction of sp³-hybridized carbons (Fsp3) is 0.167. The smallest absolute Gasteiger partial charge is 0.260 e. The molecule has 140 valence electrons. The zero-order valence-electron chi connectivity index (χ0n) is 16.1. The quantitative estimate of drug-likeness (QED) is 0.579. The third kappa shape index (κ3) is 3.35. The van der Waals surface area contributed by atoms with Gasteiger partial charge in [0.05, 0.1) is 23.1 Å². The van der Waals surface area contributed by atoms with Crippen LogP contribution >= 0.6 is 0 Å². The van der Waals surface area contributed by atoms with E-state index in [2.05, 4.69) is 49.1 Å². The van der Waals surface area contributed by atoms with Crippen LogP contribution < -0.4 is 11.3 Å². The number of fused-ring (bicyclic) bond motifs is 1. The molecule has 0 amide bonds. The van der Waals surface area contributed by atoms with Crippen LogP contribution in [0.4, 0.5) is 0 Å². The molecule has 28 heavy (non-hydrogen) atoms. The number of pyridine rings is 2. The number of hydrogen-bond donors (Lipinski definition) is 1. The molecular weight excluding hydrogens is 346 g/mol. The Morgan fingerprint density at radius 1 is 0.964 bits per heavy atom. The molecule has 4 aromatic rings. The maximum absolute atomic E-state index is 12.9. The number of quaternary nitrogens is 1. The maximum atomic E-state index is 12.9. The van der Waals surface area contributed by atoms with Gasteiger partial charge in [-0.2, -0.15) is 0 Å².